The first-order chi connectivity index (χ1) is 3.41. The molecule has 0 amide bonds. The lowest BCUT2D eigenvalue weighted by atomic mass is 11.2. The highest BCUT2D eigenvalue weighted by Gasteiger charge is 1.77. The van der Waals surface area contributed by atoms with E-state index in [0.717, 1.165) is 11.8 Å². The molecule has 44 valence electrons. The molecule has 0 aromatic rings. The molecule has 7 heavy (non-hydrogen) atoms. The van der Waals surface area contributed by atoms with E-state index in [2.05, 4.69) is 10.6 Å². The van der Waals surface area contributed by atoms with E-state index in [1.807, 2.05) is 25.9 Å². The average molecular weight is 120 g/mol. The summed E-state index contributed by atoms with van der Waals surface area (Å²) in [6, 6.07) is 0. The number of rotatable bonds is 4. The van der Waals surface area contributed by atoms with Crippen molar-refractivity contribution in [1.29, 1.82) is 0 Å². The van der Waals surface area contributed by atoms with Crippen LogP contribution in [0.15, 0.2) is 0 Å². The second-order valence-electron chi connectivity index (χ2n) is 1.20. The number of thioether (sulfide) groups is 1. The van der Waals surface area contributed by atoms with E-state index in [-0.39, 0.29) is 0 Å². The van der Waals surface area contributed by atoms with Gasteiger partial charge >= 0.3 is 0 Å². The zero-order valence-corrected chi connectivity index (χ0v) is 5.64. The van der Waals surface area contributed by atoms with Crippen molar-refractivity contribution in [2.45, 2.75) is 0 Å². The summed E-state index contributed by atoms with van der Waals surface area (Å²) >= 11 is 1.83. The van der Waals surface area contributed by atoms with Crippen molar-refractivity contribution in [3.05, 3.63) is 0 Å². The Kier molecular flexibility index (Phi) is 6.51. The monoisotopic (exact) mass is 120 g/mol. The highest BCUT2D eigenvalue weighted by molar-refractivity contribution is 7.99. The Labute approximate surface area is 49.1 Å². The first-order valence-corrected chi connectivity index (χ1v) is 3.44. The summed E-state index contributed by atoms with van der Waals surface area (Å²) in [4.78, 5) is 0. The van der Waals surface area contributed by atoms with Gasteiger partial charge in [-0.1, -0.05) is 0 Å². The lowest BCUT2D eigenvalue weighted by Gasteiger charge is -1.95. The van der Waals surface area contributed by atoms with Crippen molar-refractivity contribution in [1.82, 2.24) is 10.6 Å². The Bertz CT molecular complexity index is 28.9. The van der Waals surface area contributed by atoms with Gasteiger partial charge in [0.05, 0.1) is 0 Å². The molecule has 2 nitrogen and oxygen atoms in total. The fourth-order valence-corrected chi connectivity index (χ4v) is 0.765. The number of nitrogens with one attached hydrogen (secondary N) is 2. The van der Waals surface area contributed by atoms with Crippen molar-refractivity contribution in [2.24, 2.45) is 0 Å². The summed E-state index contributed by atoms with van der Waals surface area (Å²) in [6.45, 7) is 0. The van der Waals surface area contributed by atoms with Crippen molar-refractivity contribution in [2.75, 3.05) is 25.8 Å². The topological polar surface area (TPSA) is 24.1 Å². The van der Waals surface area contributed by atoms with Crippen molar-refractivity contribution >= 4 is 11.8 Å². The highest BCUT2D eigenvalue weighted by atomic mass is 32.2. The molecule has 0 saturated carbocycles. The molecule has 0 rings (SSSR count). The van der Waals surface area contributed by atoms with E-state index < -0.39 is 0 Å². The fraction of sp³-hybridized carbons (Fsp3) is 1.00. The summed E-state index contributed by atoms with van der Waals surface area (Å²) in [5, 5.41) is 6.05. The van der Waals surface area contributed by atoms with Gasteiger partial charge in [-0.3, -0.25) is 0 Å². The van der Waals surface area contributed by atoms with Gasteiger partial charge in [0.2, 0.25) is 0 Å². The molecule has 0 unspecified atom stereocenters. The third-order valence-corrected chi connectivity index (χ3v) is 1.48. The second-order valence-corrected chi connectivity index (χ2v) is 2.19. The lowest BCUT2D eigenvalue weighted by molar-refractivity contribution is 0.952. The maximum atomic E-state index is 3.03. The summed E-state index contributed by atoms with van der Waals surface area (Å²) in [5.74, 6) is 2.06. The molecule has 0 bridgehead atoms. The Morgan fingerprint density at radius 1 is 1.14 bits per heavy atom. The van der Waals surface area contributed by atoms with Crippen LogP contribution in [0, 0.1) is 0 Å². The van der Waals surface area contributed by atoms with E-state index in [9.17, 15) is 0 Å². The predicted octanol–water partition coefficient (Wildman–Crippen LogP) is 0.0734. The molecule has 0 fully saturated rings. The van der Waals surface area contributed by atoms with E-state index in [1.165, 1.54) is 0 Å². The van der Waals surface area contributed by atoms with Crippen LogP contribution in [-0.4, -0.2) is 25.8 Å². The van der Waals surface area contributed by atoms with Gasteiger partial charge in [-0.15, -0.1) is 11.8 Å². The molecule has 0 spiro atoms. The molecule has 3 heteroatoms. The van der Waals surface area contributed by atoms with Gasteiger partial charge < -0.3 is 10.6 Å². The Morgan fingerprint density at radius 2 is 1.57 bits per heavy atom. The standard InChI is InChI=1S/C4H12N2S/c1-5-3-7-4-6-2/h5-6H,3-4H2,1-2H3. The van der Waals surface area contributed by atoms with Gasteiger partial charge in [0.15, 0.2) is 0 Å². The van der Waals surface area contributed by atoms with Crippen LogP contribution >= 0.6 is 11.8 Å². The second kappa shape index (κ2) is 6.27. The molecule has 0 heterocycles. The smallest absolute Gasteiger partial charge is 0.0428 e. The normalized spacial score (nSPS) is 9.43. The summed E-state index contributed by atoms with van der Waals surface area (Å²) < 4.78 is 0. The maximum absolute atomic E-state index is 3.03. The molecule has 0 radical (unpaired) electrons. The zero-order chi connectivity index (χ0) is 5.54. The quantitative estimate of drug-likeness (QED) is 0.405. The summed E-state index contributed by atoms with van der Waals surface area (Å²) in [7, 11) is 3.89. The van der Waals surface area contributed by atoms with Crippen LogP contribution in [0.25, 0.3) is 0 Å². The molecule has 0 aliphatic carbocycles. The number of hydrogen-bond donors (Lipinski definition) is 2. The van der Waals surface area contributed by atoms with Gasteiger partial charge in [0.25, 0.3) is 0 Å². The van der Waals surface area contributed by atoms with Crippen LogP contribution in [0.3, 0.4) is 0 Å². The molecule has 0 atom stereocenters. The molecule has 0 aliphatic rings. The molecule has 0 saturated heterocycles. The molecule has 0 aliphatic heterocycles. The zero-order valence-electron chi connectivity index (χ0n) is 4.82. The predicted molar refractivity (Wildman–Crippen MR) is 35.4 cm³/mol. The van der Waals surface area contributed by atoms with Crippen molar-refractivity contribution < 1.29 is 0 Å². The van der Waals surface area contributed by atoms with Gasteiger partial charge in [-0.2, -0.15) is 0 Å². The van der Waals surface area contributed by atoms with Crippen LogP contribution < -0.4 is 10.6 Å². The molecular formula is C4H12N2S. The van der Waals surface area contributed by atoms with Gasteiger partial charge in [-0.25, -0.2) is 0 Å². The SMILES string of the molecule is CNCSCNC. The first-order valence-electron chi connectivity index (χ1n) is 2.28. The fourth-order valence-electron chi connectivity index (χ4n) is 0.255. The summed E-state index contributed by atoms with van der Waals surface area (Å²) in [6.07, 6.45) is 0. The van der Waals surface area contributed by atoms with E-state index in [0.29, 0.717) is 0 Å². The van der Waals surface area contributed by atoms with E-state index >= 15 is 0 Å². The van der Waals surface area contributed by atoms with Crippen LogP contribution in [-0.2, 0) is 0 Å². The lowest BCUT2D eigenvalue weighted by Crippen LogP contribution is -2.10. The summed E-state index contributed by atoms with van der Waals surface area (Å²) in [5.41, 5.74) is 0. The average Bonchev–Trinajstić information content (AvgIpc) is 1.69. The largest absolute Gasteiger partial charge is 0.311 e. The Hall–Kier alpha value is 0.270. The van der Waals surface area contributed by atoms with Gasteiger partial charge in [0.1, 0.15) is 0 Å². The van der Waals surface area contributed by atoms with Crippen LogP contribution in [0.4, 0.5) is 0 Å². The molecule has 2 N–H and O–H groups in total. The molecule has 0 aromatic heterocycles. The van der Waals surface area contributed by atoms with Crippen LogP contribution in [0.5, 0.6) is 0 Å². The number of hydrogen-bond acceptors (Lipinski definition) is 3. The Morgan fingerprint density at radius 3 is 1.86 bits per heavy atom. The van der Waals surface area contributed by atoms with Gasteiger partial charge in [0, 0.05) is 11.8 Å². The van der Waals surface area contributed by atoms with E-state index in [4.69, 9.17) is 0 Å². The van der Waals surface area contributed by atoms with Crippen LogP contribution in [0.1, 0.15) is 0 Å². The van der Waals surface area contributed by atoms with Crippen molar-refractivity contribution in [3.8, 4) is 0 Å². The third kappa shape index (κ3) is 6.27. The van der Waals surface area contributed by atoms with Crippen LogP contribution in [0.2, 0.25) is 0 Å². The first kappa shape index (κ1) is 7.27. The highest BCUT2D eigenvalue weighted by Crippen LogP contribution is 1.89. The minimum absolute atomic E-state index is 1.03. The third-order valence-electron chi connectivity index (χ3n) is 0.493. The van der Waals surface area contributed by atoms with Gasteiger partial charge in [-0.05, 0) is 14.1 Å². The molecular weight excluding hydrogens is 108 g/mol. The minimum atomic E-state index is 1.03. The molecule has 0 aromatic carbocycles. The van der Waals surface area contributed by atoms with E-state index in [1.54, 1.807) is 0 Å². The minimum Gasteiger partial charge on any atom is -0.311 e. The maximum Gasteiger partial charge on any atom is 0.0428 e. The Balaban J connectivity index is 2.45. The van der Waals surface area contributed by atoms with Crippen molar-refractivity contribution in [3.63, 3.8) is 0 Å².